The normalized spacial score (nSPS) is 15.2. The van der Waals surface area contributed by atoms with Gasteiger partial charge < -0.3 is 14.7 Å². The molecule has 3 nitrogen and oxygen atoms in total. The molecule has 1 aliphatic carbocycles. The number of nitrogens with zero attached hydrogens (tertiary/aromatic N) is 3. The average molecular weight is 1070 g/mol. The first-order valence-electron chi connectivity index (χ1n) is 20.0. The van der Waals surface area contributed by atoms with Crippen LogP contribution in [0.25, 0.3) is 0 Å². The topological polar surface area (TPSA) is 9.72 Å². The fraction of sp³-hybridized carbons (Fsp3) is 0.149. The van der Waals surface area contributed by atoms with E-state index < -0.39 is 180 Å². The highest BCUT2D eigenvalue weighted by Crippen LogP contribution is 2.53. The molecule has 386 valence electrons. The van der Waals surface area contributed by atoms with Crippen molar-refractivity contribution in [3.05, 3.63) is 189 Å². The van der Waals surface area contributed by atoms with Gasteiger partial charge in [0.25, 0.3) is 0 Å². The maximum atomic E-state index is 16.4. The smallest absolute Gasteiger partial charge is 0.305 e. The van der Waals surface area contributed by atoms with Gasteiger partial charge in [-0.15, -0.1) is 0 Å². The Balaban J connectivity index is 1.72. The van der Waals surface area contributed by atoms with E-state index in [1.54, 1.807) is 0 Å². The summed E-state index contributed by atoms with van der Waals surface area (Å²) in [4.78, 5) is -0.526. The highest BCUT2D eigenvalue weighted by molar-refractivity contribution is 5.93. The van der Waals surface area contributed by atoms with Gasteiger partial charge in [-0.1, -0.05) is 12.2 Å². The lowest BCUT2D eigenvalue weighted by Gasteiger charge is -2.37. The van der Waals surface area contributed by atoms with Crippen LogP contribution in [0.15, 0.2) is 90.7 Å². The van der Waals surface area contributed by atoms with Gasteiger partial charge in [0, 0.05) is 28.3 Å². The van der Waals surface area contributed by atoms with E-state index in [0.717, 1.165) is 0 Å². The number of hydrogen-bond acceptors (Lipinski definition) is 3. The SMILES string of the molecule is Cc1c(F)c(F)c(N(c2ccc(C(F)(F)F)cc2)c2ccc(N(c3ccc(C(F)(F)F)cc3)c3c(F)c(F)c(F)c(F)c3F)cc2N(C2=CCC(C)(C(F)(F)F)C=C2)c2c(F)c(F)c(F)c(F)c2F)c(F)c1F. The summed E-state index contributed by atoms with van der Waals surface area (Å²) in [5.74, 6) is -37.8. The molecule has 0 aromatic heterocycles. The van der Waals surface area contributed by atoms with E-state index in [4.69, 9.17) is 0 Å². The zero-order chi connectivity index (χ0) is 54.3. The van der Waals surface area contributed by atoms with Crippen LogP contribution < -0.4 is 14.7 Å². The van der Waals surface area contributed by atoms with Crippen LogP contribution in [0.1, 0.15) is 30.0 Å². The second-order valence-electron chi connectivity index (χ2n) is 15.9. The van der Waals surface area contributed by atoms with Crippen LogP contribution in [-0.2, 0) is 12.4 Å². The van der Waals surface area contributed by atoms with Gasteiger partial charge in [0.1, 0.15) is 17.1 Å². The molecular formula is C47H22F23N3. The Morgan fingerprint density at radius 2 is 0.740 bits per heavy atom. The molecular weight excluding hydrogens is 1040 g/mol. The quantitative estimate of drug-likeness (QED) is 0.0812. The molecule has 0 amide bonds. The van der Waals surface area contributed by atoms with Gasteiger partial charge in [-0.25, -0.2) is 61.5 Å². The van der Waals surface area contributed by atoms with Crippen molar-refractivity contribution < 1.29 is 101 Å². The predicted octanol–water partition coefficient (Wildman–Crippen LogP) is 17.5. The van der Waals surface area contributed by atoms with Crippen molar-refractivity contribution in [3.8, 4) is 0 Å². The Morgan fingerprint density at radius 1 is 0.397 bits per heavy atom. The highest BCUT2D eigenvalue weighted by Gasteiger charge is 2.50. The standard InChI is InChI=1S/C47H22F23N3/c1-18-27(48)35(56)42(36(57)28(18)49)72(22-9-5-20(6-10-22)46(65,66)67)25-12-11-24(71(21-7-3-19(4-8-21)45(62,63)64)41-37(58)31(52)29(50)32(53)38(41)59)17-26(25)73(23-13-15-44(2,16-14-23)47(68,69)70)43-39(60)33(54)30(51)34(55)40(43)61/h3-15,17H,16H2,1-2H3. The van der Waals surface area contributed by atoms with Crippen LogP contribution >= 0.6 is 0 Å². The molecule has 0 heterocycles. The first kappa shape index (κ1) is 53.4. The van der Waals surface area contributed by atoms with Crippen molar-refractivity contribution in [3.63, 3.8) is 0 Å². The van der Waals surface area contributed by atoms with Crippen molar-refractivity contribution in [2.45, 2.75) is 38.8 Å². The molecule has 26 heteroatoms. The molecule has 6 aromatic carbocycles. The molecule has 0 N–H and O–H groups in total. The van der Waals surface area contributed by atoms with Crippen LogP contribution in [0, 0.1) is 93.8 Å². The van der Waals surface area contributed by atoms with E-state index in [2.05, 4.69) is 0 Å². The minimum absolute atomic E-state index is 0.123. The van der Waals surface area contributed by atoms with Gasteiger partial charge in [-0.3, -0.25) is 0 Å². The fourth-order valence-corrected chi connectivity index (χ4v) is 7.41. The lowest BCUT2D eigenvalue weighted by molar-refractivity contribution is -0.199. The summed E-state index contributed by atoms with van der Waals surface area (Å²) >= 11 is 0. The number of hydrogen-bond donors (Lipinski definition) is 0. The molecule has 0 bridgehead atoms. The lowest BCUT2D eigenvalue weighted by atomic mass is 9.82. The number of benzene rings is 6. The molecule has 1 atom stereocenters. The van der Waals surface area contributed by atoms with E-state index in [-0.39, 0.29) is 63.2 Å². The minimum Gasteiger partial charge on any atom is -0.305 e. The molecule has 0 fully saturated rings. The van der Waals surface area contributed by atoms with Gasteiger partial charge in [0.15, 0.2) is 69.8 Å². The van der Waals surface area contributed by atoms with Crippen LogP contribution in [0.5, 0.6) is 0 Å². The van der Waals surface area contributed by atoms with Crippen LogP contribution in [0.4, 0.5) is 146 Å². The molecule has 1 unspecified atom stereocenters. The van der Waals surface area contributed by atoms with Crippen molar-refractivity contribution in [1.82, 2.24) is 0 Å². The first-order valence-corrected chi connectivity index (χ1v) is 20.0. The summed E-state index contributed by atoms with van der Waals surface area (Å²) in [6, 6.07) is 2.67. The second-order valence-corrected chi connectivity index (χ2v) is 15.9. The Hall–Kier alpha value is -7.41. The Morgan fingerprint density at radius 3 is 1.11 bits per heavy atom. The molecule has 0 aliphatic heterocycles. The van der Waals surface area contributed by atoms with E-state index in [1.165, 1.54) is 0 Å². The third-order valence-corrected chi connectivity index (χ3v) is 11.4. The van der Waals surface area contributed by atoms with Crippen molar-refractivity contribution in [1.29, 1.82) is 0 Å². The fourth-order valence-electron chi connectivity index (χ4n) is 7.41. The van der Waals surface area contributed by atoms with Gasteiger partial charge in [-0.2, -0.15) is 39.5 Å². The Labute approximate surface area is 393 Å². The third-order valence-electron chi connectivity index (χ3n) is 11.4. The van der Waals surface area contributed by atoms with E-state index in [0.29, 0.717) is 50.3 Å². The lowest BCUT2D eigenvalue weighted by Crippen LogP contribution is -2.35. The molecule has 0 saturated heterocycles. The highest BCUT2D eigenvalue weighted by atomic mass is 19.4. The summed E-state index contributed by atoms with van der Waals surface area (Å²) in [5, 5.41) is 0. The van der Waals surface area contributed by atoms with Gasteiger partial charge in [0.05, 0.1) is 27.9 Å². The molecule has 73 heavy (non-hydrogen) atoms. The van der Waals surface area contributed by atoms with Gasteiger partial charge in [-0.05, 0) is 93.1 Å². The number of rotatable bonds is 9. The first-order chi connectivity index (χ1) is 33.7. The number of allylic oxidation sites excluding steroid dienone is 3. The molecule has 0 spiro atoms. The maximum absolute atomic E-state index is 16.4. The molecule has 1 aliphatic rings. The largest absolute Gasteiger partial charge is 0.416 e. The summed E-state index contributed by atoms with van der Waals surface area (Å²) < 4.78 is 344. The number of anilines is 8. The summed E-state index contributed by atoms with van der Waals surface area (Å²) in [6.45, 7) is 0.996. The summed E-state index contributed by atoms with van der Waals surface area (Å²) in [6.07, 6.45) is -16.1. The molecule has 7 rings (SSSR count). The Bertz CT molecular complexity index is 3160. The second kappa shape index (κ2) is 18.6. The van der Waals surface area contributed by atoms with Crippen molar-refractivity contribution >= 4 is 45.5 Å². The Kier molecular flexibility index (Phi) is 13.6. The number of alkyl halides is 9. The van der Waals surface area contributed by atoms with E-state index in [9.17, 15) is 48.3 Å². The van der Waals surface area contributed by atoms with Crippen LogP contribution in [-0.4, -0.2) is 6.18 Å². The van der Waals surface area contributed by atoms with Crippen LogP contribution in [0.2, 0.25) is 0 Å². The van der Waals surface area contributed by atoms with Crippen molar-refractivity contribution in [2.75, 3.05) is 14.7 Å². The van der Waals surface area contributed by atoms with E-state index >= 15 is 52.7 Å². The number of halogens is 23. The van der Waals surface area contributed by atoms with E-state index in [1.807, 2.05) is 0 Å². The summed E-state index contributed by atoms with van der Waals surface area (Å²) in [7, 11) is 0. The molecule has 6 aromatic rings. The van der Waals surface area contributed by atoms with Gasteiger partial charge >= 0.3 is 18.5 Å². The van der Waals surface area contributed by atoms with Gasteiger partial charge in [0.2, 0.25) is 11.6 Å². The monoisotopic (exact) mass is 1070 g/mol. The van der Waals surface area contributed by atoms with Crippen molar-refractivity contribution in [2.24, 2.45) is 5.41 Å². The average Bonchev–Trinajstić information content (AvgIpc) is 3.33. The molecule has 0 radical (unpaired) electrons. The third kappa shape index (κ3) is 9.12. The minimum atomic E-state index is -5.23. The zero-order valence-electron chi connectivity index (χ0n) is 35.8. The van der Waals surface area contributed by atoms with Crippen LogP contribution in [0.3, 0.4) is 0 Å². The summed E-state index contributed by atoms with van der Waals surface area (Å²) in [5.41, 5.74) is -21.5. The maximum Gasteiger partial charge on any atom is 0.416 e. The zero-order valence-corrected chi connectivity index (χ0v) is 35.8. The molecule has 0 saturated carbocycles. The predicted molar refractivity (Wildman–Crippen MR) is 215 cm³/mol.